The molecule has 20 heavy (non-hydrogen) atoms. The summed E-state index contributed by atoms with van der Waals surface area (Å²) < 4.78 is 28.1. The molecule has 0 aromatic rings. The van der Waals surface area contributed by atoms with Gasteiger partial charge in [0.05, 0.1) is 0 Å². The summed E-state index contributed by atoms with van der Waals surface area (Å²) in [6, 6.07) is 0. The molecule has 1 atom stereocenters. The second-order valence-corrected chi connectivity index (χ2v) is 7.98. The van der Waals surface area contributed by atoms with Gasteiger partial charge in [-0.05, 0) is 25.7 Å². The molecule has 0 aromatic carbocycles. The molecule has 0 radical (unpaired) electrons. The van der Waals surface area contributed by atoms with Crippen LogP contribution in [0.4, 0.5) is 0 Å². The third kappa shape index (κ3) is 3.92. The predicted molar refractivity (Wildman–Crippen MR) is 76.1 cm³/mol. The van der Waals surface area contributed by atoms with E-state index in [0.29, 0.717) is 25.7 Å². The number of hydrogen-bond acceptors (Lipinski definition) is 3. The highest BCUT2D eigenvalue weighted by molar-refractivity contribution is 7.54. The SMILES string of the molecule is CCCC(OP(=O)(O)O)(C(CC)(CC)CC)P(=O)(O)O. The van der Waals surface area contributed by atoms with Crippen LogP contribution in [0.3, 0.4) is 0 Å². The van der Waals surface area contributed by atoms with Gasteiger partial charge in [-0.15, -0.1) is 0 Å². The third-order valence-corrected chi connectivity index (χ3v) is 6.61. The molecule has 0 aliphatic carbocycles. The van der Waals surface area contributed by atoms with Crippen molar-refractivity contribution in [1.82, 2.24) is 0 Å². The van der Waals surface area contributed by atoms with E-state index in [4.69, 9.17) is 14.3 Å². The quantitative estimate of drug-likeness (QED) is 0.478. The molecule has 0 amide bonds. The van der Waals surface area contributed by atoms with E-state index in [1.165, 1.54) is 0 Å². The molecule has 0 aromatic heterocycles. The molecule has 0 aliphatic heterocycles. The molecule has 0 saturated carbocycles. The normalized spacial score (nSPS) is 17.0. The molecule has 0 aliphatic rings. The van der Waals surface area contributed by atoms with Crippen molar-refractivity contribution in [2.45, 2.75) is 65.1 Å². The molecule has 9 heteroatoms. The topological polar surface area (TPSA) is 124 Å². The van der Waals surface area contributed by atoms with Crippen molar-refractivity contribution in [3.05, 3.63) is 0 Å². The number of phosphoric ester groups is 1. The van der Waals surface area contributed by atoms with Gasteiger partial charge in [-0.3, -0.25) is 9.09 Å². The first kappa shape index (κ1) is 20.3. The van der Waals surface area contributed by atoms with Crippen molar-refractivity contribution < 1.29 is 33.2 Å². The van der Waals surface area contributed by atoms with E-state index in [9.17, 15) is 18.9 Å². The minimum absolute atomic E-state index is 0.113. The minimum Gasteiger partial charge on any atom is -0.322 e. The monoisotopic (exact) mass is 332 g/mol. The van der Waals surface area contributed by atoms with Gasteiger partial charge in [-0.1, -0.05) is 34.1 Å². The van der Waals surface area contributed by atoms with Crippen LogP contribution in [0.25, 0.3) is 0 Å². The summed E-state index contributed by atoms with van der Waals surface area (Å²) in [6.45, 7) is 6.93. The summed E-state index contributed by atoms with van der Waals surface area (Å²) in [6.07, 6.45) is 1.28. The lowest BCUT2D eigenvalue weighted by molar-refractivity contribution is -0.0467. The van der Waals surface area contributed by atoms with E-state index in [1.807, 2.05) is 0 Å². The van der Waals surface area contributed by atoms with Gasteiger partial charge in [-0.2, -0.15) is 0 Å². The first-order chi connectivity index (χ1) is 8.95. The molecule has 7 nitrogen and oxygen atoms in total. The average Bonchev–Trinajstić information content (AvgIpc) is 2.28. The second-order valence-electron chi connectivity index (χ2n) is 5.00. The average molecular weight is 332 g/mol. The minimum atomic E-state index is -5.04. The highest BCUT2D eigenvalue weighted by Crippen LogP contribution is 2.69. The van der Waals surface area contributed by atoms with E-state index in [-0.39, 0.29) is 6.42 Å². The highest BCUT2D eigenvalue weighted by Gasteiger charge is 2.62. The number of phosphoric acid groups is 1. The zero-order chi connectivity index (χ0) is 16.2. The van der Waals surface area contributed by atoms with Crippen LogP contribution in [0.2, 0.25) is 0 Å². The van der Waals surface area contributed by atoms with E-state index in [0.717, 1.165) is 0 Å². The van der Waals surface area contributed by atoms with Crippen molar-refractivity contribution in [1.29, 1.82) is 0 Å². The van der Waals surface area contributed by atoms with E-state index in [1.54, 1.807) is 27.7 Å². The molecule has 0 spiro atoms. The van der Waals surface area contributed by atoms with Gasteiger partial charge in [0.15, 0.2) is 5.34 Å². The van der Waals surface area contributed by atoms with E-state index >= 15 is 0 Å². The first-order valence-electron chi connectivity index (χ1n) is 6.77. The Morgan fingerprint density at radius 1 is 0.900 bits per heavy atom. The number of rotatable bonds is 9. The maximum absolute atomic E-state index is 12.1. The third-order valence-electron chi connectivity index (χ3n) is 4.19. The van der Waals surface area contributed by atoms with Crippen LogP contribution in [-0.2, 0) is 13.7 Å². The summed E-state index contributed by atoms with van der Waals surface area (Å²) >= 11 is 0. The van der Waals surface area contributed by atoms with Crippen LogP contribution < -0.4 is 0 Å². The fraction of sp³-hybridized carbons (Fsp3) is 1.00. The highest BCUT2D eigenvalue weighted by atomic mass is 31.2. The Balaban J connectivity index is 6.26. The molecule has 122 valence electrons. The predicted octanol–water partition coefficient (Wildman–Crippen LogP) is 2.99. The fourth-order valence-corrected chi connectivity index (χ4v) is 6.06. The lowest BCUT2D eigenvalue weighted by atomic mass is 9.73. The molecular weight excluding hydrogens is 306 g/mol. The van der Waals surface area contributed by atoms with E-state index < -0.39 is 26.2 Å². The van der Waals surface area contributed by atoms with Crippen molar-refractivity contribution in [3.63, 3.8) is 0 Å². The van der Waals surface area contributed by atoms with Crippen LogP contribution in [0.15, 0.2) is 0 Å². The maximum Gasteiger partial charge on any atom is 0.470 e. The van der Waals surface area contributed by atoms with Crippen molar-refractivity contribution in [2.24, 2.45) is 5.41 Å². The molecule has 0 heterocycles. The fourth-order valence-electron chi connectivity index (χ4n) is 3.03. The van der Waals surface area contributed by atoms with Gasteiger partial charge in [-0.25, -0.2) is 4.57 Å². The van der Waals surface area contributed by atoms with Crippen molar-refractivity contribution in [2.75, 3.05) is 0 Å². The van der Waals surface area contributed by atoms with Gasteiger partial charge >= 0.3 is 15.4 Å². The smallest absolute Gasteiger partial charge is 0.322 e. The Morgan fingerprint density at radius 2 is 1.30 bits per heavy atom. The van der Waals surface area contributed by atoms with Gasteiger partial charge in [0.25, 0.3) is 0 Å². The zero-order valence-corrected chi connectivity index (χ0v) is 14.2. The molecular formula is C11H26O7P2. The van der Waals surface area contributed by atoms with Gasteiger partial charge in [0.1, 0.15) is 0 Å². The largest absolute Gasteiger partial charge is 0.470 e. The van der Waals surface area contributed by atoms with Gasteiger partial charge in [0.2, 0.25) is 0 Å². The molecule has 4 N–H and O–H groups in total. The van der Waals surface area contributed by atoms with Crippen LogP contribution >= 0.6 is 15.4 Å². The summed E-state index contributed by atoms with van der Waals surface area (Å²) in [5.74, 6) is 0. The summed E-state index contributed by atoms with van der Waals surface area (Å²) in [5.41, 5.74) is -0.997. The van der Waals surface area contributed by atoms with Crippen LogP contribution in [0.5, 0.6) is 0 Å². The Labute approximate surface area is 120 Å². The molecule has 1 unspecified atom stereocenters. The van der Waals surface area contributed by atoms with Crippen molar-refractivity contribution >= 4 is 15.4 Å². The van der Waals surface area contributed by atoms with Crippen LogP contribution in [0, 0.1) is 5.41 Å². The van der Waals surface area contributed by atoms with Crippen LogP contribution in [-0.4, -0.2) is 24.9 Å². The van der Waals surface area contributed by atoms with E-state index in [2.05, 4.69) is 0 Å². The molecule has 0 saturated heterocycles. The zero-order valence-electron chi connectivity index (χ0n) is 12.4. The second kappa shape index (κ2) is 7.01. The van der Waals surface area contributed by atoms with Crippen molar-refractivity contribution in [3.8, 4) is 0 Å². The Hall–Kier alpha value is 0.260. The summed E-state index contributed by atoms with van der Waals surface area (Å²) in [7, 11) is -9.95. The number of hydrogen-bond donors (Lipinski definition) is 4. The first-order valence-corrected chi connectivity index (χ1v) is 9.91. The molecule has 0 rings (SSSR count). The van der Waals surface area contributed by atoms with Gasteiger partial charge < -0.3 is 19.6 Å². The maximum atomic E-state index is 12.1. The standard InChI is InChI=1S/C11H26O7P2/c1-5-9-11(19(12,13)14,18-20(15,16)17)10(6-2,7-3)8-4/h5-9H2,1-4H3,(H2,12,13,14)(H2,15,16,17). The summed E-state index contributed by atoms with van der Waals surface area (Å²) in [5, 5.41) is -2.16. The van der Waals surface area contributed by atoms with Gasteiger partial charge in [0, 0.05) is 5.41 Å². The lowest BCUT2D eigenvalue weighted by Gasteiger charge is -2.49. The Bertz CT molecular complexity index is 387. The summed E-state index contributed by atoms with van der Waals surface area (Å²) in [4.78, 5) is 37.9. The Kier molecular flexibility index (Phi) is 7.10. The Morgan fingerprint density at radius 3 is 1.50 bits per heavy atom. The van der Waals surface area contributed by atoms with Crippen LogP contribution in [0.1, 0.15) is 59.8 Å². The lowest BCUT2D eigenvalue weighted by Crippen LogP contribution is -2.48. The molecule has 0 fully saturated rings. The molecule has 0 bridgehead atoms.